The average molecular weight is 515 g/mol. The first kappa shape index (κ1) is 25.1. The summed E-state index contributed by atoms with van der Waals surface area (Å²) in [4.78, 5) is 23.0. The predicted octanol–water partition coefficient (Wildman–Crippen LogP) is 6.75. The van der Waals surface area contributed by atoms with Crippen molar-refractivity contribution in [3.63, 3.8) is 0 Å². The second-order valence-corrected chi connectivity index (χ2v) is 10.1. The number of rotatable bonds is 7. The number of aromatic hydroxyl groups is 1. The molecule has 4 aromatic rings. The van der Waals surface area contributed by atoms with Crippen LogP contribution in [0.15, 0.2) is 71.7 Å². The maximum atomic E-state index is 13.0. The van der Waals surface area contributed by atoms with Crippen LogP contribution in [0, 0.1) is 0 Å². The number of amides is 1. The van der Waals surface area contributed by atoms with E-state index >= 15 is 0 Å². The number of aromatic nitrogens is 1. The summed E-state index contributed by atoms with van der Waals surface area (Å²) in [5, 5.41) is 14.9. The van der Waals surface area contributed by atoms with E-state index in [0.29, 0.717) is 16.1 Å². The molecule has 190 valence electrons. The fourth-order valence-corrected chi connectivity index (χ4v) is 5.01. The van der Waals surface area contributed by atoms with Crippen LogP contribution in [0.3, 0.4) is 0 Å². The lowest BCUT2D eigenvalue weighted by Crippen LogP contribution is -2.28. The lowest BCUT2D eigenvalue weighted by atomic mass is 10.1. The highest BCUT2D eigenvalue weighted by atomic mass is 35.5. The van der Waals surface area contributed by atoms with Gasteiger partial charge in [0.05, 0.1) is 17.3 Å². The SMILES string of the molecule is CC(NC(=O)c1ccc2[nH]c(O)c(C=Nc3ccc(CN4CCCCC4)cc3)c2c1)c1cccc(Cl)c1. The third-order valence-electron chi connectivity index (χ3n) is 6.91. The van der Waals surface area contributed by atoms with Gasteiger partial charge in [-0.25, -0.2) is 0 Å². The molecule has 0 bridgehead atoms. The number of H-pyrrole nitrogens is 1. The van der Waals surface area contributed by atoms with Crippen molar-refractivity contribution in [3.05, 3.63) is 94.0 Å². The van der Waals surface area contributed by atoms with Gasteiger partial charge < -0.3 is 15.4 Å². The molecule has 1 fully saturated rings. The second kappa shape index (κ2) is 11.2. The molecule has 1 amide bonds. The summed E-state index contributed by atoms with van der Waals surface area (Å²) in [7, 11) is 0. The summed E-state index contributed by atoms with van der Waals surface area (Å²) in [6.45, 7) is 5.21. The van der Waals surface area contributed by atoms with Gasteiger partial charge in [0.25, 0.3) is 5.91 Å². The number of benzene rings is 3. The number of fused-ring (bicyclic) bond motifs is 1. The van der Waals surface area contributed by atoms with E-state index in [9.17, 15) is 9.90 Å². The van der Waals surface area contributed by atoms with E-state index in [1.807, 2.05) is 37.3 Å². The zero-order chi connectivity index (χ0) is 25.8. The van der Waals surface area contributed by atoms with Gasteiger partial charge in [0.15, 0.2) is 5.88 Å². The molecule has 1 aromatic heterocycles. The maximum absolute atomic E-state index is 13.0. The topological polar surface area (TPSA) is 80.7 Å². The van der Waals surface area contributed by atoms with Crippen LogP contribution in [0.25, 0.3) is 10.9 Å². The summed E-state index contributed by atoms with van der Waals surface area (Å²) >= 11 is 6.09. The van der Waals surface area contributed by atoms with Gasteiger partial charge in [0.2, 0.25) is 0 Å². The van der Waals surface area contributed by atoms with E-state index in [1.54, 1.807) is 30.5 Å². The average Bonchev–Trinajstić information content (AvgIpc) is 3.22. The number of nitrogens with zero attached hydrogens (tertiary/aromatic N) is 2. The van der Waals surface area contributed by atoms with E-state index in [-0.39, 0.29) is 17.8 Å². The van der Waals surface area contributed by atoms with Gasteiger partial charge in [-0.15, -0.1) is 0 Å². The van der Waals surface area contributed by atoms with Gasteiger partial charge >= 0.3 is 0 Å². The van der Waals surface area contributed by atoms with Crippen molar-refractivity contribution in [1.82, 2.24) is 15.2 Å². The molecule has 0 saturated carbocycles. The number of hydrogen-bond donors (Lipinski definition) is 3. The van der Waals surface area contributed by atoms with Crippen LogP contribution in [0.2, 0.25) is 5.02 Å². The minimum atomic E-state index is -0.208. The molecule has 1 saturated heterocycles. The molecule has 0 radical (unpaired) electrons. The van der Waals surface area contributed by atoms with Crippen molar-refractivity contribution in [2.45, 2.75) is 38.8 Å². The standard InChI is InChI=1S/C30H31ClN4O2/c1-20(22-6-5-7-24(31)16-22)33-29(36)23-10-13-28-26(17-23)27(30(37)34-28)18-32-25-11-8-21(9-12-25)19-35-14-3-2-4-15-35/h5-13,16-18,20,34,37H,2-4,14-15,19H2,1H3,(H,33,36). The molecule has 7 heteroatoms. The monoisotopic (exact) mass is 514 g/mol. The Labute approximate surface area is 222 Å². The number of likely N-dealkylation sites (tertiary alicyclic amines) is 1. The van der Waals surface area contributed by atoms with Crippen molar-refractivity contribution >= 4 is 40.3 Å². The van der Waals surface area contributed by atoms with Crippen molar-refractivity contribution < 1.29 is 9.90 Å². The molecule has 3 N–H and O–H groups in total. The van der Waals surface area contributed by atoms with E-state index in [2.05, 4.69) is 32.3 Å². The molecule has 5 rings (SSSR count). The van der Waals surface area contributed by atoms with Gasteiger partial charge in [0, 0.05) is 34.2 Å². The Balaban J connectivity index is 1.31. The Kier molecular flexibility index (Phi) is 7.58. The number of nitrogens with one attached hydrogen (secondary N) is 2. The second-order valence-electron chi connectivity index (χ2n) is 9.66. The van der Waals surface area contributed by atoms with E-state index in [1.165, 1.54) is 37.9 Å². The molecule has 37 heavy (non-hydrogen) atoms. The molecule has 1 aliphatic heterocycles. The molecule has 0 aliphatic carbocycles. The predicted molar refractivity (Wildman–Crippen MR) is 150 cm³/mol. The zero-order valence-electron chi connectivity index (χ0n) is 20.9. The maximum Gasteiger partial charge on any atom is 0.251 e. The Morgan fingerprint density at radius 2 is 1.89 bits per heavy atom. The summed E-state index contributed by atoms with van der Waals surface area (Å²) in [6, 6.07) is 20.8. The Bertz CT molecular complexity index is 1420. The normalized spacial score (nSPS) is 15.3. The highest BCUT2D eigenvalue weighted by molar-refractivity contribution is 6.30. The van der Waals surface area contributed by atoms with Crippen molar-refractivity contribution in [2.24, 2.45) is 4.99 Å². The Morgan fingerprint density at radius 1 is 1.11 bits per heavy atom. The van der Waals surface area contributed by atoms with Crippen LogP contribution in [-0.2, 0) is 6.54 Å². The first-order valence-electron chi connectivity index (χ1n) is 12.7. The van der Waals surface area contributed by atoms with Crippen molar-refractivity contribution in [3.8, 4) is 5.88 Å². The van der Waals surface area contributed by atoms with Gasteiger partial charge in [-0.3, -0.25) is 14.7 Å². The van der Waals surface area contributed by atoms with E-state index in [4.69, 9.17) is 11.6 Å². The largest absolute Gasteiger partial charge is 0.494 e. The van der Waals surface area contributed by atoms with Crippen molar-refractivity contribution in [1.29, 1.82) is 0 Å². The van der Waals surface area contributed by atoms with Gasteiger partial charge in [-0.2, -0.15) is 0 Å². The number of carbonyl (C=O) groups is 1. The molecule has 1 aliphatic rings. The lowest BCUT2D eigenvalue weighted by molar-refractivity contribution is 0.0940. The van der Waals surface area contributed by atoms with Crippen LogP contribution >= 0.6 is 11.6 Å². The number of carbonyl (C=O) groups excluding carboxylic acids is 1. The summed E-state index contributed by atoms with van der Waals surface area (Å²) in [5.41, 5.74) is 4.78. The Hall–Kier alpha value is -3.61. The smallest absolute Gasteiger partial charge is 0.251 e. The number of halogens is 1. The highest BCUT2D eigenvalue weighted by Crippen LogP contribution is 2.28. The summed E-state index contributed by atoms with van der Waals surface area (Å²) in [5.74, 6) is -0.187. The third-order valence-corrected chi connectivity index (χ3v) is 7.15. The summed E-state index contributed by atoms with van der Waals surface area (Å²) < 4.78 is 0. The van der Waals surface area contributed by atoms with Gasteiger partial charge in [-0.1, -0.05) is 42.3 Å². The minimum Gasteiger partial charge on any atom is -0.494 e. The fourth-order valence-electron chi connectivity index (χ4n) is 4.81. The van der Waals surface area contributed by atoms with Gasteiger partial charge in [0.1, 0.15) is 0 Å². The molecule has 6 nitrogen and oxygen atoms in total. The quantitative estimate of drug-likeness (QED) is 0.238. The number of aliphatic imine (C=N–C) groups is 1. The van der Waals surface area contributed by atoms with Crippen LogP contribution < -0.4 is 5.32 Å². The zero-order valence-corrected chi connectivity index (χ0v) is 21.6. The Morgan fingerprint density at radius 3 is 2.65 bits per heavy atom. The molecule has 1 atom stereocenters. The fraction of sp³-hybridized carbons (Fsp3) is 0.267. The molecular weight excluding hydrogens is 484 g/mol. The molecule has 1 unspecified atom stereocenters. The summed E-state index contributed by atoms with van der Waals surface area (Å²) in [6.07, 6.45) is 5.53. The van der Waals surface area contributed by atoms with Crippen molar-refractivity contribution in [2.75, 3.05) is 13.1 Å². The van der Waals surface area contributed by atoms with Crippen LogP contribution in [0.1, 0.15) is 59.3 Å². The highest BCUT2D eigenvalue weighted by Gasteiger charge is 2.16. The first-order valence-corrected chi connectivity index (χ1v) is 13.1. The number of hydrogen-bond acceptors (Lipinski definition) is 4. The minimum absolute atomic E-state index is 0.0188. The van der Waals surface area contributed by atoms with Gasteiger partial charge in [-0.05, 0) is 86.4 Å². The third kappa shape index (κ3) is 6.04. The van der Waals surface area contributed by atoms with Crippen LogP contribution in [0.4, 0.5) is 5.69 Å². The molecular formula is C30H31ClN4O2. The molecule has 3 aromatic carbocycles. The van der Waals surface area contributed by atoms with E-state index < -0.39 is 0 Å². The van der Waals surface area contributed by atoms with E-state index in [0.717, 1.165) is 28.7 Å². The van der Waals surface area contributed by atoms with Crippen LogP contribution in [0.5, 0.6) is 5.88 Å². The number of aromatic amines is 1. The molecule has 0 spiro atoms. The first-order chi connectivity index (χ1) is 18.0. The number of piperidine rings is 1. The molecule has 2 heterocycles. The van der Waals surface area contributed by atoms with Crippen LogP contribution in [-0.4, -0.2) is 40.2 Å². The lowest BCUT2D eigenvalue weighted by Gasteiger charge is -2.26.